The fourth-order valence-corrected chi connectivity index (χ4v) is 2.01. The molecule has 1 heterocycles. The zero-order chi connectivity index (χ0) is 11.0. The summed E-state index contributed by atoms with van der Waals surface area (Å²) in [7, 11) is 0. The molecule has 2 aromatic carbocycles. The Morgan fingerprint density at radius 3 is 2.62 bits per heavy atom. The van der Waals surface area contributed by atoms with E-state index in [1.807, 2.05) is 42.5 Å². The number of aromatic nitrogens is 1. The quantitative estimate of drug-likeness (QED) is 0.527. The maximum atomic E-state index is 9.12. The van der Waals surface area contributed by atoms with Crippen LogP contribution < -0.4 is 0 Å². The molecule has 0 aliphatic rings. The van der Waals surface area contributed by atoms with Crippen molar-refractivity contribution in [1.82, 2.24) is 4.98 Å². The molecule has 0 bridgehead atoms. The average Bonchev–Trinajstić information content (AvgIpc) is 2.38. The smallest absolute Gasteiger partial charge is 0.0998 e. The van der Waals surface area contributed by atoms with Gasteiger partial charge in [-0.3, -0.25) is 4.98 Å². The van der Waals surface area contributed by atoms with Crippen LogP contribution >= 0.6 is 0 Å². The molecular weight excluding hydrogens is 196 g/mol. The summed E-state index contributed by atoms with van der Waals surface area (Å²) in [5.41, 5.74) is 1.66. The monoisotopic (exact) mass is 204 g/mol. The molecule has 16 heavy (non-hydrogen) atoms. The van der Waals surface area contributed by atoms with Crippen molar-refractivity contribution in [2.45, 2.75) is 0 Å². The third-order valence-electron chi connectivity index (χ3n) is 2.73. The van der Waals surface area contributed by atoms with Gasteiger partial charge in [0.1, 0.15) is 0 Å². The van der Waals surface area contributed by atoms with E-state index >= 15 is 0 Å². The number of hydrogen-bond acceptors (Lipinski definition) is 2. The lowest BCUT2D eigenvalue weighted by molar-refractivity contribution is 1.42. The summed E-state index contributed by atoms with van der Waals surface area (Å²) in [6.07, 6.45) is 1.78. The lowest BCUT2D eigenvalue weighted by Gasteiger charge is -2.04. The van der Waals surface area contributed by atoms with Crippen LogP contribution in [0.3, 0.4) is 0 Å². The van der Waals surface area contributed by atoms with Gasteiger partial charge in [0.15, 0.2) is 0 Å². The molecular formula is C14H8N2. The second-order valence-corrected chi connectivity index (χ2v) is 3.66. The summed E-state index contributed by atoms with van der Waals surface area (Å²) in [5, 5.41) is 12.1. The minimum Gasteiger partial charge on any atom is -0.256 e. The van der Waals surface area contributed by atoms with Gasteiger partial charge in [-0.05, 0) is 12.1 Å². The second kappa shape index (κ2) is 3.32. The number of hydrogen-bond donors (Lipinski definition) is 0. The Bertz CT molecular complexity index is 723. The third kappa shape index (κ3) is 1.15. The summed E-state index contributed by atoms with van der Waals surface area (Å²) < 4.78 is 0. The lowest BCUT2D eigenvalue weighted by Crippen LogP contribution is -1.85. The highest BCUT2D eigenvalue weighted by Gasteiger charge is 2.05. The van der Waals surface area contributed by atoms with Gasteiger partial charge >= 0.3 is 0 Å². The van der Waals surface area contributed by atoms with E-state index in [1.165, 1.54) is 0 Å². The Morgan fingerprint density at radius 2 is 1.81 bits per heavy atom. The van der Waals surface area contributed by atoms with E-state index < -0.39 is 0 Å². The van der Waals surface area contributed by atoms with E-state index in [0.717, 1.165) is 21.7 Å². The van der Waals surface area contributed by atoms with Crippen LogP contribution in [0.1, 0.15) is 5.56 Å². The number of nitrogens with zero attached hydrogens (tertiary/aromatic N) is 2. The normalized spacial score (nSPS) is 10.4. The fraction of sp³-hybridized carbons (Fsp3) is 0. The minimum absolute atomic E-state index is 0.705. The predicted molar refractivity (Wildman–Crippen MR) is 64.0 cm³/mol. The zero-order valence-corrected chi connectivity index (χ0v) is 8.51. The molecule has 1 aromatic heterocycles. The molecule has 0 saturated heterocycles. The summed E-state index contributed by atoms with van der Waals surface area (Å²) in [6.45, 7) is 0. The van der Waals surface area contributed by atoms with Crippen molar-refractivity contribution in [2.75, 3.05) is 0 Å². The minimum atomic E-state index is 0.705. The number of fused-ring (bicyclic) bond motifs is 3. The molecule has 0 radical (unpaired) electrons. The molecule has 2 nitrogen and oxygen atoms in total. The van der Waals surface area contributed by atoms with Crippen LogP contribution in [0.4, 0.5) is 0 Å². The molecule has 2 heteroatoms. The standard InChI is InChI=1S/C14H8N2/c15-9-11-8-10-4-3-7-16-14(10)13-6-2-1-5-12(11)13/h1-8H. The van der Waals surface area contributed by atoms with E-state index in [2.05, 4.69) is 11.1 Å². The Morgan fingerprint density at radius 1 is 1.00 bits per heavy atom. The number of nitriles is 1. The number of rotatable bonds is 0. The van der Waals surface area contributed by atoms with Gasteiger partial charge in [-0.25, -0.2) is 0 Å². The Kier molecular flexibility index (Phi) is 1.84. The Labute approximate surface area is 92.8 Å². The zero-order valence-electron chi connectivity index (χ0n) is 8.51. The molecule has 0 atom stereocenters. The molecule has 0 aliphatic carbocycles. The van der Waals surface area contributed by atoms with Gasteiger partial charge in [-0.1, -0.05) is 30.3 Å². The largest absolute Gasteiger partial charge is 0.256 e. The van der Waals surface area contributed by atoms with Gasteiger partial charge in [-0.2, -0.15) is 5.26 Å². The van der Waals surface area contributed by atoms with E-state index in [4.69, 9.17) is 5.26 Å². The number of pyridine rings is 1. The summed E-state index contributed by atoms with van der Waals surface area (Å²) in [6, 6.07) is 15.9. The van der Waals surface area contributed by atoms with Gasteiger partial charge in [0.05, 0.1) is 17.1 Å². The van der Waals surface area contributed by atoms with Crippen LogP contribution in [0.5, 0.6) is 0 Å². The fourth-order valence-electron chi connectivity index (χ4n) is 2.01. The average molecular weight is 204 g/mol. The van der Waals surface area contributed by atoms with Crippen molar-refractivity contribution in [3.05, 3.63) is 54.2 Å². The molecule has 0 fully saturated rings. The summed E-state index contributed by atoms with van der Waals surface area (Å²) >= 11 is 0. The third-order valence-corrected chi connectivity index (χ3v) is 2.73. The van der Waals surface area contributed by atoms with Gasteiger partial charge in [-0.15, -0.1) is 0 Å². The molecule has 0 amide bonds. The molecule has 0 aliphatic heterocycles. The maximum Gasteiger partial charge on any atom is 0.0998 e. The highest BCUT2D eigenvalue weighted by Crippen LogP contribution is 2.26. The van der Waals surface area contributed by atoms with Crippen molar-refractivity contribution in [3.63, 3.8) is 0 Å². The van der Waals surface area contributed by atoms with Crippen molar-refractivity contribution < 1.29 is 0 Å². The van der Waals surface area contributed by atoms with Crippen molar-refractivity contribution in [1.29, 1.82) is 5.26 Å². The topological polar surface area (TPSA) is 36.7 Å². The second-order valence-electron chi connectivity index (χ2n) is 3.66. The predicted octanol–water partition coefficient (Wildman–Crippen LogP) is 3.26. The number of benzene rings is 2. The summed E-state index contributed by atoms with van der Waals surface area (Å²) in [4.78, 5) is 4.38. The first-order valence-corrected chi connectivity index (χ1v) is 5.07. The van der Waals surface area contributed by atoms with Crippen molar-refractivity contribution in [3.8, 4) is 6.07 Å². The lowest BCUT2D eigenvalue weighted by atomic mass is 10.0. The molecule has 3 rings (SSSR count). The SMILES string of the molecule is N#Cc1cc2cccnc2c2ccccc12. The molecule has 3 aromatic rings. The van der Waals surface area contributed by atoms with Crippen molar-refractivity contribution in [2.24, 2.45) is 0 Å². The van der Waals surface area contributed by atoms with Crippen LogP contribution in [0.15, 0.2) is 48.7 Å². The van der Waals surface area contributed by atoms with Crippen LogP contribution in [0, 0.1) is 11.3 Å². The van der Waals surface area contributed by atoms with E-state index in [1.54, 1.807) is 6.20 Å². The van der Waals surface area contributed by atoms with E-state index in [-0.39, 0.29) is 0 Å². The van der Waals surface area contributed by atoms with Gasteiger partial charge < -0.3 is 0 Å². The molecule has 74 valence electrons. The highest BCUT2D eigenvalue weighted by atomic mass is 14.6. The molecule has 0 unspecified atom stereocenters. The van der Waals surface area contributed by atoms with E-state index in [9.17, 15) is 0 Å². The molecule has 0 saturated carbocycles. The molecule has 0 N–H and O–H groups in total. The first kappa shape index (κ1) is 8.87. The Hall–Kier alpha value is -2.40. The van der Waals surface area contributed by atoms with Gasteiger partial charge in [0.25, 0.3) is 0 Å². The molecule has 0 spiro atoms. The first-order chi connectivity index (χ1) is 7.90. The van der Waals surface area contributed by atoms with Crippen molar-refractivity contribution >= 4 is 21.7 Å². The van der Waals surface area contributed by atoms with Crippen LogP contribution in [-0.2, 0) is 0 Å². The van der Waals surface area contributed by atoms with Gasteiger partial charge in [0.2, 0.25) is 0 Å². The highest BCUT2D eigenvalue weighted by molar-refractivity contribution is 6.07. The Balaban J connectivity index is 2.64. The van der Waals surface area contributed by atoms with Crippen LogP contribution in [0.2, 0.25) is 0 Å². The van der Waals surface area contributed by atoms with E-state index in [0.29, 0.717) is 5.56 Å². The van der Waals surface area contributed by atoms with Gasteiger partial charge in [0, 0.05) is 22.4 Å². The van der Waals surface area contributed by atoms with Crippen LogP contribution in [-0.4, -0.2) is 4.98 Å². The maximum absolute atomic E-state index is 9.12. The summed E-state index contributed by atoms with van der Waals surface area (Å²) in [5.74, 6) is 0. The first-order valence-electron chi connectivity index (χ1n) is 5.07. The van der Waals surface area contributed by atoms with Crippen LogP contribution in [0.25, 0.3) is 21.7 Å².